The summed E-state index contributed by atoms with van der Waals surface area (Å²) in [5.41, 5.74) is 8.18. The molecule has 14 bridgehead atoms. The SMILES string of the molecule is CC1C(c2ccccc2)CC2NC(=O)c3cnc4c(c3)C[C@@]3(C4)C(=O)Nc4ncc(cc43)/C=C/COCCN(C)CCN1C2=O.CC1C(c2ccccc2)CC2NC(=O)c3cnc4c(c3)C[C@@]3(C4)C(=O)Nc4ncc(cc43)/C=C/COCCNCCN1C2=O. The number of benzene rings is 2. The molecule has 2 aromatic carbocycles. The van der Waals surface area contributed by atoms with Crippen LogP contribution in [0.2, 0.25) is 0 Å². The summed E-state index contributed by atoms with van der Waals surface area (Å²) in [5.74, 6) is 0.216. The van der Waals surface area contributed by atoms with E-state index >= 15 is 0 Å². The van der Waals surface area contributed by atoms with Crippen molar-refractivity contribution in [3.8, 4) is 0 Å². The quantitative estimate of drug-likeness (QED) is 0.143. The predicted molar refractivity (Wildman–Crippen MR) is 335 cm³/mol. The van der Waals surface area contributed by atoms with E-state index in [1.807, 2.05) is 102 Å². The normalized spacial score (nSPS) is 27.8. The van der Waals surface area contributed by atoms with E-state index in [0.29, 0.717) is 127 Å². The fourth-order valence-electron chi connectivity index (χ4n) is 14.4. The van der Waals surface area contributed by atoms with E-state index in [-0.39, 0.29) is 59.4 Å². The Hall–Kier alpha value is -8.82. The second kappa shape index (κ2) is 25.0. The minimum atomic E-state index is -0.826. The summed E-state index contributed by atoms with van der Waals surface area (Å²) in [4.78, 5) is 106. The average Bonchev–Trinajstić information content (AvgIpc) is 1.67. The maximum absolute atomic E-state index is 13.9. The lowest BCUT2D eigenvalue weighted by Crippen LogP contribution is -2.59. The van der Waals surface area contributed by atoms with Crippen LogP contribution in [0.15, 0.2) is 122 Å². The van der Waals surface area contributed by atoms with Crippen LogP contribution in [0.3, 0.4) is 0 Å². The van der Waals surface area contributed by atoms with Gasteiger partial charge in [0.1, 0.15) is 23.7 Å². The van der Waals surface area contributed by atoms with Crippen molar-refractivity contribution in [2.75, 3.05) is 83.4 Å². The Kier molecular flexibility index (Phi) is 16.6. The second-order valence-corrected chi connectivity index (χ2v) is 24.9. The van der Waals surface area contributed by atoms with Crippen LogP contribution in [0.5, 0.6) is 0 Å². The first-order valence-electron chi connectivity index (χ1n) is 31.1. The van der Waals surface area contributed by atoms with Crippen molar-refractivity contribution in [2.24, 2.45) is 0 Å². The number of carbonyl (C=O) groups is 6. The van der Waals surface area contributed by atoms with Gasteiger partial charge in [0.05, 0.1) is 48.4 Å². The zero-order valence-electron chi connectivity index (χ0n) is 50.4. The number of anilines is 2. The van der Waals surface area contributed by atoms with E-state index in [9.17, 15) is 28.8 Å². The van der Waals surface area contributed by atoms with E-state index in [1.165, 1.54) is 0 Å². The van der Waals surface area contributed by atoms with Gasteiger partial charge in [0.15, 0.2) is 0 Å². The molecule has 20 heteroatoms. The van der Waals surface area contributed by atoms with Crippen molar-refractivity contribution in [3.63, 3.8) is 0 Å². The molecule has 10 heterocycles. The number of aromatic nitrogens is 4. The predicted octanol–water partition coefficient (Wildman–Crippen LogP) is 5.54. The molecule has 14 rings (SSSR count). The van der Waals surface area contributed by atoms with E-state index in [1.54, 1.807) is 24.8 Å². The van der Waals surface area contributed by atoms with Crippen molar-refractivity contribution in [1.29, 1.82) is 0 Å². The summed E-state index contributed by atoms with van der Waals surface area (Å²) in [6, 6.07) is 26.7. The number of ether oxygens (including phenoxy) is 2. The highest BCUT2D eigenvalue weighted by Crippen LogP contribution is 2.48. The van der Waals surface area contributed by atoms with Crippen molar-refractivity contribution >= 4 is 59.2 Å². The fraction of sp³-hybridized carbons (Fsp3) is 0.391. The van der Waals surface area contributed by atoms with Gasteiger partial charge in [-0.05, 0) is 104 Å². The van der Waals surface area contributed by atoms with Crippen molar-refractivity contribution in [1.82, 2.24) is 50.6 Å². The van der Waals surface area contributed by atoms with Gasteiger partial charge in [0, 0.05) is 123 Å². The Labute approximate surface area is 517 Å². The summed E-state index contributed by atoms with van der Waals surface area (Å²) in [7, 11) is 2.03. The first-order chi connectivity index (χ1) is 43.2. The number of carbonyl (C=O) groups excluding carboxylic acids is 6. The van der Waals surface area contributed by atoms with Crippen LogP contribution in [0.4, 0.5) is 11.6 Å². The molecule has 89 heavy (non-hydrogen) atoms. The van der Waals surface area contributed by atoms with Gasteiger partial charge >= 0.3 is 0 Å². The number of piperidine rings is 2. The highest BCUT2D eigenvalue weighted by molar-refractivity contribution is 6.08. The summed E-state index contributed by atoms with van der Waals surface area (Å²) < 4.78 is 11.7. The van der Waals surface area contributed by atoms with E-state index in [0.717, 1.165) is 55.9 Å². The van der Waals surface area contributed by atoms with E-state index in [4.69, 9.17) is 9.47 Å². The molecule has 20 nitrogen and oxygen atoms in total. The van der Waals surface area contributed by atoms with Crippen LogP contribution in [-0.2, 0) is 65.2 Å². The molecule has 5 N–H and O–H groups in total. The number of likely N-dealkylation sites (N-methyl/N-ethyl adjacent to an activating group) is 1. The Morgan fingerprint density at radius 2 is 1.01 bits per heavy atom. The van der Waals surface area contributed by atoms with Gasteiger partial charge in [-0.1, -0.05) is 85.0 Å². The number of rotatable bonds is 2. The van der Waals surface area contributed by atoms with Crippen molar-refractivity contribution < 1.29 is 38.2 Å². The van der Waals surface area contributed by atoms with Gasteiger partial charge in [0.2, 0.25) is 23.6 Å². The van der Waals surface area contributed by atoms with E-state index < -0.39 is 22.9 Å². The summed E-state index contributed by atoms with van der Waals surface area (Å²) in [6.45, 7) is 9.88. The molecule has 6 aromatic rings. The maximum Gasteiger partial charge on any atom is 0.253 e. The molecule has 6 amide bonds. The first kappa shape index (κ1) is 59.2. The lowest BCUT2D eigenvalue weighted by Gasteiger charge is -2.43. The molecule has 2 aliphatic carbocycles. The monoisotopic (exact) mass is 1200 g/mol. The number of hydrogen-bond acceptors (Lipinski definition) is 14. The zero-order chi connectivity index (χ0) is 61.4. The van der Waals surface area contributed by atoms with Crippen LogP contribution < -0.4 is 26.6 Å². The number of amides is 6. The maximum atomic E-state index is 13.9. The number of fused-ring (bicyclic) bond motifs is 8. The number of nitrogens with zero attached hydrogens (tertiary/aromatic N) is 7. The Morgan fingerprint density at radius 1 is 0.528 bits per heavy atom. The summed E-state index contributed by atoms with van der Waals surface area (Å²) >= 11 is 0. The van der Waals surface area contributed by atoms with Crippen molar-refractivity contribution in [2.45, 2.75) is 99.2 Å². The Balaban J connectivity index is 0.000000164. The van der Waals surface area contributed by atoms with E-state index in [2.05, 4.69) is 89.5 Å². The zero-order valence-corrected chi connectivity index (χ0v) is 50.4. The molecule has 6 unspecified atom stereocenters. The second-order valence-electron chi connectivity index (χ2n) is 24.9. The molecule has 0 saturated carbocycles. The third kappa shape index (κ3) is 11.7. The third-order valence-corrected chi connectivity index (χ3v) is 19.4. The number of pyridine rings is 4. The average molecular weight is 1200 g/mol. The van der Waals surface area contributed by atoms with Crippen LogP contribution in [0.25, 0.3) is 12.2 Å². The smallest absolute Gasteiger partial charge is 0.253 e. The molecule has 2 saturated heterocycles. The van der Waals surface area contributed by atoms with Gasteiger partial charge in [-0.3, -0.25) is 38.7 Å². The number of hydrogen-bond donors (Lipinski definition) is 5. The van der Waals surface area contributed by atoms with Crippen LogP contribution >= 0.6 is 0 Å². The van der Waals surface area contributed by atoms with Crippen LogP contribution in [-0.4, -0.2) is 167 Å². The lowest BCUT2D eigenvalue weighted by molar-refractivity contribution is -0.140. The highest BCUT2D eigenvalue weighted by Gasteiger charge is 2.54. The molecule has 2 fully saturated rings. The van der Waals surface area contributed by atoms with Crippen molar-refractivity contribution in [3.05, 3.63) is 189 Å². The molecule has 0 radical (unpaired) electrons. The summed E-state index contributed by atoms with van der Waals surface area (Å²) in [5, 5.41) is 15.4. The largest absolute Gasteiger partial charge is 0.376 e. The minimum Gasteiger partial charge on any atom is -0.376 e. The van der Waals surface area contributed by atoms with Gasteiger partial charge < -0.3 is 50.8 Å². The molecule has 8 atom stereocenters. The standard InChI is InChI=1S/C35H38N6O4.C34H36N6O4/c1-22-27(24-8-4-3-5-9-24)17-29-33(43)41(22)11-10-40(2)12-14-45-13-6-7-23-15-28-31(37-20-23)39-34(44)35(28)18-25-16-26(32(42)38-29)21-36-30(25)19-35;1-21-26(23-7-3-2-4-8-23)16-28-32(42)40(21)11-9-35-10-13-44-12-5-6-22-14-27-30(37-19-22)39-33(43)34(27)17-24-15-25(31(41)38-28)20-36-29(24)18-34/h3-9,15-16,20-22,27,29H,10-14,17-19H2,1-2H3,(H,38,42)(H,37,39,44);2-8,14-15,19-21,26,28,35H,9-13,16-18H2,1H3,(H,38,41)(H,37,39,43)/b7-6+;6-5+/t22?,27?,29?,35-;21?,26?,28?,34-/m00/s1. The minimum absolute atomic E-state index is 0.0275. The molecule has 458 valence electrons. The molecule has 8 aliphatic rings. The van der Waals surface area contributed by atoms with Gasteiger partial charge in [-0.15, -0.1) is 0 Å². The number of nitrogens with one attached hydrogen (secondary N) is 5. The topological polar surface area (TPSA) is 242 Å². The van der Waals surface area contributed by atoms with Gasteiger partial charge in [-0.25, -0.2) is 9.97 Å². The van der Waals surface area contributed by atoms with Crippen LogP contribution in [0, 0.1) is 0 Å². The summed E-state index contributed by atoms with van der Waals surface area (Å²) in [6.07, 6.45) is 17.2. The lowest BCUT2D eigenvalue weighted by atomic mass is 9.79. The highest BCUT2D eigenvalue weighted by atomic mass is 16.5. The Morgan fingerprint density at radius 3 is 1.52 bits per heavy atom. The third-order valence-electron chi connectivity index (χ3n) is 19.4. The first-order valence-corrected chi connectivity index (χ1v) is 31.1. The molecule has 2 spiro atoms. The van der Waals surface area contributed by atoms with Gasteiger partial charge in [-0.2, -0.15) is 0 Å². The molecular weight excluding hydrogens is 1120 g/mol. The Bertz CT molecular complexity index is 3810. The fourth-order valence-corrected chi connectivity index (χ4v) is 14.4. The molecule has 6 aliphatic heterocycles. The van der Waals surface area contributed by atoms with Gasteiger partial charge in [0.25, 0.3) is 11.8 Å². The molecule has 4 aromatic heterocycles. The molecular formula is C69H74N12O8. The van der Waals surface area contributed by atoms with Crippen LogP contribution in [0.1, 0.15) is 115 Å².